The normalized spacial score (nSPS) is 25.1. The number of hydrogen-bond donors (Lipinski definition) is 0. The van der Waals surface area contributed by atoms with Crippen LogP contribution in [0.3, 0.4) is 0 Å². The molecule has 5 rings (SSSR count). The lowest BCUT2D eigenvalue weighted by molar-refractivity contribution is -0.0907. The number of benzene rings is 3. The van der Waals surface area contributed by atoms with Crippen LogP contribution in [0.25, 0.3) is 0 Å². The average Bonchev–Trinajstić information content (AvgIpc) is 3.11. The van der Waals surface area contributed by atoms with Crippen molar-refractivity contribution in [1.29, 1.82) is 0 Å². The second-order valence-corrected chi connectivity index (χ2v) is 18.2. The van der Waals surface area contributed by atoms with Gasteiger partial charge in [-0.25, -0.2) is 14.0 Å². The number of hydrogen-bond acceptors (Lipinski definition) is 7. The summed E-state index contributed by atoms with van der Waals surface area (Å²) in [5, 5.41) is 0. The van der Waals surface area contributed by atoms with Gasteiger partial charge in [-0.2, -0.15) is 0 Å². The van der Waals surface area contributed by atoms with Gasteiger partial charge < -0.3 is 18.5 Å². The summed E-state index contributed by atoms with van der Waals surface area (Å²) in [5.74, 6) is 0. The molecule has 0 amide bonds. The zero-order chi connectivity index (χ0) is 35.2. The molecule has 0 bridgehead atoms. The Morgan fingerprint density at radius 1 is 0.755 bits per heavy atom. The lowest BCUT2D eigenvalue weighted by Crippen LogP contribution is -2.59. The zero-order valence-corrected chi connectivity index (χ0v) is 30.9. The third kappa shape index (κ3) is 8.56. The van der Waals surface area contributed by atoms with Crippen LogP contribution in [0.5, 0.6) is 0 Å². The molecule has 15 heteroatoms. The summed E-state index contributed by atoms with van der Waals surface area (Å²) < 4.78 is 56.9. The second kappa shape index (κ2) is 16.6. The van der Waals surface area contributed by atoms with E-state index in [1.165, 1.54) is 0 Å². The van der Waals surface area contributed by atoms with E-state index >= 15 is 0 Å². The SMILES string of the molecule is [B][B][C@H]1CN(C(c2ccccc2)(c2ccccc2)c2ccccc2)C[C@@H](CO[P@](=O)(N(C)C)N2C[C@@H](CO[P@](C)(=O)N(C)C)O[C@@H]([B])C2)O1. The van der Waals surface area contributed by atoms with Gasteiger partial charge in [0.1, 0.15) is 7.85 Å². The van der Waals surface area contributed by atoms with Crippen molar-refractivity contribution in [2.75, 3.05) is 74.2 Å². The van der Waals surface area contributed by atoms with E-state index < -0.39 is 44.9 Å². The minimum atomic E-state index is -3.62. The van der Waals surface area contributed by atoms with Crippen molar-refractivity contribution in [3.05, 3.63) is 108 Å². The number of nitrogens with zero attached hydrogens (tertiary/aromatic N) is 4. The van der Waals surface area contributed by atoms with Gasteiger partial charge in [0, 0.05) is 52.6 Å². The molecular formula is C34H46B3N4O6P2. The molecule has 2 saturated heterocycles. The number of ether oxygens (including phenoxy) is 2. The van der Waals surface area contributed by atoms with E-state index in [4.69, 9.17) is 34.1 Å². The van der Waals surface area contributed by atoms with E-state index in [0.717, 1.165) is 16.7 Å². The number of rotatable bonds is 14. The van der Waals surface area contributed by atoms with Gasteiger partial charge in [0.25, 0.3) is 7.52 Å². The summed E-state index contributed by atoms with van der Waals surface area (Å²) in [4.78, 5) is 2.39. The fourth-order valence-corrected chi connectivity index (χ4v) is 9.24. The van der Waals surface area contributed by atoms with Crippen molar-refractivity contribution in [2.45, 2.75) is 29.8 Å². The molecule has 0 N–H and O–H groups in total. The molecule has 0 spiro atoms. The topological polar surface area (TPSA) is 84.0 Å². The Hall–Kier alpha value is -2.01. The van der Waals surface area contributed by atoms with E-state index in [2.05, 4.69) is 77.7 Å². The Morgan fingerprint density at radius 2 is 1.24 bits per heavy atom. The first-order chi connectivity index (χ1) is 23.4. The van der Waals surface area contributed by atoms with Gasteiger partial charge in [0.2, 0.25) is 0 Å². The first-order valence-electron chi connectivity index (χ1n) is 16.5. The Morgan fingerprint density at radius 3 is 1.71 bits per heavy atom. The van der Waals surface area contributed by atoms with Crippen LogP contribution in [0.2, 0.25) is 0 Å². The van der Waals surface area contributed by atoms with Crippen molar-refractivity contribution in [1.82, 2.24) is 18.9 Å². The highest BCUT2D eigenvalue weighted by Crippen LogP contribution is 2.54. The van der Waals surface area contributed by atoms with E-state index in [0.29, 0.717) is 13.1 Å². The van der Waals surface area contributed by atoms with Crippen LogP contribution in [0.15, 0.2) is 91.0 Å². The molecule has 5 radical (unpaired) electrons. The van der Waals surface area contributed by atoms with Gasteiger partial charge in [-0.15, -0.1) is 0 Å². The van der Waals surface area contributed by atoms with Crippen LogP contribution < -0.4 is 0 Å². The minimum Gasteiger partial charge on any atom is -0.380 e. The molecule has 2 heterocycles. The maximum absolute atomic E-state index is 14.7. The standard InChI is InChI=1S/C34H46B3N4O6P2/c1-38(2)48(5,42)44-25-31-22-41(23-32(35)46-31)49(43,39(3)4)45-26-30-21-40(24-33(37-36)47-30)34(27-15-9-6-10-16-27,28-17-11-7-12-18-28)29-19-13-8-14-20-29/h6-20,30-33H,21-26H2,1-5H3/t30-,31-,32+,33+,48-,49+/m0/s1. The summed E-state index contributed by atoms with van der Waals surface area (Å²) in [7, 11) is 14.2. The van der Waals surface area contributed by atoms with Gasteiger partial charge in [-0.1, -0.05) is 91.0 Å². The monoisotopic (exact) mass is 701 g/mol. The highest BCUT2D eigenvalue weighted by Gasteiger charge is 2.47. The fourth-order valence-electron chi connectivity index (χ4n) is 6.54. The van der Waals surface area contributed by atoms with Crippen LogP contribution in [0.4, 0.5) is 0 Å². The van der Waals surface area contributed by atoms with Gasteiger partial charge >= 0.3 is 7.67 Å². The van der Waals surface area contributed by atoms with Crippen LogP contribution >= 0.6 is 15.2 Å². The highest BCUT2D eigenvalue weighted by molar-refractivity contribution is 7.55. The van der Waals surface area contributed by atoms with Gasteiger partial charge in [-0.05, 0) is 44.9 Å². The molecule has 257 valence electrons. The second-order valence-electron chi connectivity index (χ2n) is 13.0. The largest absolute Gasteiger partial charge is 0.380 e. The molecule has 0 saturated carbocycles. The summed E-state index contributed by atoms with van der Waals surface area (Å²) in [6.45, 7) is 2.98. The molecule has 2 aliphatic heterocycles. The van der Waals surface area contributed by atoms with Crippen LogP contribution in [-0.4, -0.2) is 140 Å². The van der Waals surface area contributed by atoms with Crippen molar-refractivity contribution < 1.29 is 27.7 Å². The van der Waals surface area contributed by atoms with E-state index in [9.17, 15) is 9.13 Å². The van der Waals surface area contributed by atoms with Gasteiger partial charge in [0.05, 0.1) is 38.1 Å². The first-order valence-corrected chi connectivity index (χ1v) is 20.1. The summed E-state index contributed by atoms with van der Waals surface area (Å²) in [6, 6.07) is 30.2. The summed E-state index contributed by atoms with van der Waals surface area (Å²) in [5.41, 5.74) is 2.62. The van der Waals surface area contributed by atoms with Crippen LogP contribution in [0, 0.1) is 0 Å². The Kier molecular flexibility index (Phi) is 12.9. The summed E-state index contributed by atoms with van der Waals surface area (Å²) in [6.07, 6.45) is -1.04. The lowest BCUT2D eigenvalue weighted by atomic mass is 9.51. The third-order valence-electron chi connectivity index (χ3n) is 9.15. The molecule has 6 atom stereocenters. The highest BCUT2D eigenvalue weighted by atomic mass is 31.2. The van der Waals surface area contributed by atoms with Crippen molar-refractivity contribution in [3.8, 4) is 0 Å². The lowest BCUT2D eigenvalue weighted by Gasteiger charge is -2.51. The first kappa shape index (κ1) is 38.2. The smallest absolute Gasteiger partial charge is 0.345 e. The predicted octanol–water partition coefficient (Wildman–Crippen LogP) is 4.08. The molecule has 0 unspecified atom stereocenters. The molecule has 3 aromatic carbocycles. The molecule has 2 aliphatic rings. The van der Waals surface area contributed by atoms with Crippen molar-refractivity contribution >= 4 is 37.9 Å². The zero-order valence-electron chi connectivity index (χ0n) is 29.1. The third-order valence-corrected chi connectivity index (χ3v) is 13.8. The number of morpholine rings is 2. The quantitative estimate of drug-likeness (QED) is 0.140. The molecule has 3 aromatic rings. The van der Waals surface area contributed by atoms with Crippen LogP contribution in [0.1, 0.15) is 16.7 Å². The van der Waals surface area contributed by atoms with Gasteiger partial charge in [0.15, 0.2) is 0 Å². The Labute approximate surface area is 295 Å². The van der Waals surface area contributed by atoms with E-state index in [1.54, 1.807) is 56.0 Å². The maximum atomic E-state index is 14.7. The Balaban J connectivity index is 1.43. The molecule has 49 heavy (non-hydrogen) atoms. The fraction of sp³-hybridized carbons (Fsp3) is 0.471. The van der Waals surface area contributed by atoms with Crippen molar-refractivity contribution in [3.63, 3.8) is 0 Å². The predicted molar refractivity (Wildman–Crippen MR) is 197 cm³/mol. The summed E-state index contributed by atoms with van der Waals surface area (Å²) >= 11 is 0. The molecule has 0 aliphatic carbocycles. The van der Waals surface area contributed by atoms with Gasteiger partial charge in [-0.3, -0.25) is 14.0 Å². The van der Waals surface area contributed by atoms with E-state index in [1.807, 2.05) is 18.2 Å². The molecule has 10 nitrogen and oxygen atoms in total. The van der Waals surface area contributed by atoms with Crippen LogP contribution in [-0.2, 0) is 33.2 Å². The average molecular weight is 701 g/mol. The maximum Gasteiger partial charge on any atom is 0.345 e. The minimum absolute atomic E-state index is 0.0266. The molecule has 2 fully saturated rings. The molecule has 0 aromatic heterocycles. The van der Waals surface area contributed by atoms with E-state index in [-0.39, 0.29) is 26.3 Å². The van der Waals surface area contributed by atoms with Crippen molar-refractivity contribution in [2.24, 2.45) is 0 Å². The molecular weight excluding hydrogens is 655 g/mol. The Bertz CT molecular complexity index is 1480.